The van der Waals surface area contributed by atoms with Gasteiger partial charge in [0.25, 0.3) is 0 Å². The van der Waals surface area contributed by atoms with E-state index in [9.17, 15) is 4.79 Å². The van der Waals surface area contributed by atoms with Crippen LogP contribution < -0.4 is 4.74 Å². The molecule has 0 aromatic heterocycles. The molecule has 0 saturated carbocycles. The van der Waals surface area contributed by atoms with Gasteiger partial charge in [-0.1, -0.05) is 24.3 Å². The zero-order chi connectivity index (χ0) is 11.1. The summed E-state index contributed by atoms with van der Waals surface area (Å²) in [5.74, 6) is -0.322. The molecule has 2 rings (SSSR count). The van der Waals surface area contributed by atoms with Gasteiger partial charge in [0.15, 0.2) is 0 Å². The molecule has 0 radical (unpaired) electrons. The van der Waals surface area contributed by atoms with Crippen molar-refractivity contribution in [3.63, 3.8) is 0 Å². The highest BCUT2D eigenvalue weighted by atomic mass is 16.5. The van der Waals surface area contributed by atoms with Gasteiger partial charge in [-0.2, -0.15) is 0 Å². The number of carboxylic acid groups (broad SMARTS) is 1. The Morgan fingerprint density at radius 3 is 2.87 bits per heavy atom. The molecule has 0 fully saturated rings. The minimum absolute atomic E-state index is 0.657. The molecule has 0 spiro atoms. The smallest absolute Gasteiger partial charge is 0.351 e. The van der Waals surface area contributed by atoms with Crippen molar-refractivity contribution in [1.29, 1.82) is 0 Å². The number of hydrogen-bond donors (Lipinski definition) is 1. The van der Waals surface area contributed by atoms with E-state index in [0.717, 1.165) is 11.1 Å². The van der Waals surface area contributed by atoms with Crippen molar-refractivity contribution in [2.75, 3.05) is 0 Å². The number of benzene rings is 1. The maximum atomic E-state index is 11.0. The van der Waals surface area contributed by atoms with Crippen molar-refractivity contribution in [2.24, 2.45) is 0 Å². The lowest BCUT2D eigenvalue weighted by Gasteiger charge is -2.28. The Kier molecular flexibility index (Phi) is 2.03. The molecule has 3 nitrogen and oxygen atoms in total. The van der Waals surface area contributed by atoms with E-state index in [-0.39, 0.29) is 0 Å². The first-order valence-corrected chi connectivity index (χ1v) is 4.74. The van der Waals surface area contributed by atoms with Gasteiger partial charge in [0.2, 0.25) is 5.60 Å². The molecule has 0 saturated heterocycles. The molecule has 3 heteroatoms. The fourth-order valence-corrected chi connectivity index (χ4v) is 1.56. The minimum Gasteiger partial charge on any atom is -0.478 e. The first-order valence-electron chi connectivity index (χ1n) is 4.74. The molecule has 1 aromatic rings. The lowest BCUT2D eigenvalue weighted by Crippen LogP contribution is -2.40. The Labute approximate surface area is 88.0 Å². The lowest BCUT2D eigenvalue weighted by atomic mass is 9.99. The van der Waals surface area contributed by atoms with Gasteiger partial charge < -0.3 is 9.84 Å². The first kappa shape index (κ1) is 9.77. The van der Waals surface area contributed by atoms with Crippen LogP contribution in [-0.4, -0.2) is 16.7 Å². The van der Waals surface area contributed by atoms with Crippen LogP contribution in [0.4, 0.5) is 0 Å². The van der Waals surface area contributed by atoms with Crippen LogP contribution in [0, 0.1) is 6.92 Å². The van der Waals surface area contributed by atoms with Crippen LogP contribution in [0.2, 0.25) is 0 Å². The SMILES string of the molecule is Cc1cccc2c1O[C@](C)(C(=O)O)C=C2. The fraction of sp³-hybridized carbons (Fsp3) is 0.250. The molecule has 0 aliphatic carbocycles. The summed E-state index contributed by atoms with van der Waals surface area (Å²) in [5, 5.41) is 9.04. The Bertz CT molecular complexity index is 448. The van der Waals surface area contributed by atoms with Crippen LogP contribution in [0.15, 0.2) is 24.3 Å². The Hall–Kier alpha value is -1.77. The molecule has 0 unspecified atom stereocenters. The lowest BCUT2D eigenvalue weighted by molar-refractivity contribution is -0.149. The van der Waals surface area contributed by atoms with Crippen LogP contribution in [0.5, 0.6) is 5.75 Å². The number of ether oxygens (including phenoxy) is 1. The van der Waals surface area contributed by atoms with E-state index in [1.165, 1.54) is 0 Å². The highest BCUT2D eigenvalue weighted by Gasteiger charge is 2.35. The summed E-state index contributed by atoms with van der Waals surface area (Å²) in [7, 11) is 0. The van der Waals surface area contributed by atoms with Crippen molar-refractivity contribution < 1.29 is 14.6 Å². The molecular weight excluding hydrogens is 192 g/mol. The second-order valence-corrected chi connectivity index (χ2v) is 3.84. The third-order valence-electron chi connectivity index (χ3n) is 2.56. The van der Waals surface area contributed by atoms with E-state index in [2.05, 4.69) is 0 Å². The summed E-state index contributed by atoms with van der Waals surface area (Å²) in [6.45, 7) is 3.45. The predicted molar refractivity (Wildman–Crippen MR) is 56.9 cm³/mol. The maximum absolute atomic E-state index is 11.0. The van der Waals surface area contributed by atoms with Crippen molar-refractivity contribution in [2.45, 2.75) is 19.4 Å². The number of para-hydroxylation sites is 1. The quantitative estimate of drug-likeness (QED) is 0.763. The number of hydrogen-bond acceptors (Lipinski definition) is 2. The Balaban J connectivity index is 2.50. The molecule has 78 valence electrons. The van der Waals surface area contributed by atoms with E-state index in [1.807, 2.05) is 25.1 Å². The molecule has 15 heavy (non-hydrogen) atoms. The van der Waals surface area contributed by atoms with E-state index in [1.54, 1.807) is 19.1 Å². The maximum Gasteiger partial charge on any atom is 0.351 e. The molecule has 1 heterocycles. The monoisotopic (exact) mass is 204 g/mol. The zero-order valence-corrected chi connectivity index (χ0v) is 8.65. The van der Waals surface area contributed by atoms with Gasteiger partial charge >= 0.3 is 5.97 Å². The molecule has 1 aromatic carbocycles. The number of carbonyl (C=O) groups is 1. The largest absolute Gasteiger partial charge is 0.478 e. The van der Waals surface area contributed by atoms with Crippen LogP contribution >= 0.6 is 0 Å². The van der Waals surface area contributed by atoms with E-state index >= 15 is 0 Å². The normalized spacial score (nSPS) is 23.1. The summed E-state index contributed by atoms with van der Waals surface area (Å²) in [4.78, 5) is 11.0. The molecule has 1 aliphatic heterocycles. The average Bonchev–Trinajstić information content (AvgIpc) is 2.19. The van der Waals surface area contributed by atoms with E-state index in [4.69, 9.17) is 9.84 Å². The topological polar surface area (TPSA) is 46.5 Å². The molecule has 1 atom stereocenters. The van der Waals surface area contributed by atoms with Gasteiger partial charge in [0.05, 0.1) is 0 Å². The number of rotatable bonds is 1. The molecule has 1 aliphatic rings. The summed E-state index contributed by atoms with van der Waals surface area (Å²) >= 11 is 0. The summed E-state index contributed by atoms with van der Waals surface area (Å²) in [6.07, 6.45) is 3.36. The van der Waals surface area contributed by atoms with Gasteiger partial charge in [-0.25, -0.2) is 4.79 Å². The van der Waals surface area contributed by atoms with Gasteiger partial charge in [-0.15, -0.1) is 0 Å². The molecule has 0 amide bonds. The third-order valence-corrected chi connectivity index (χ3v) is 2.56. The van der Waals surface area contributed by atoms with Crippen molar-refractivity contribution >= 4 is 12.0 Å². The van der Waals surface area contributed by atoms with E-state index < -0.39 is 11.6 Å². The summed E-state index contributed by atoms with van der Waals surface area (Å²) in [5.41, 5.74) is 0.622. The summed E-state index contributed by atoms with van der Waals surface area (Å²) in [6, 6.07) is 5.73. The first-order chi connectivity index (χ1) is 7.03. The van der Waals surface area contributed by atoms with Crippen LogP contribution in [0.25, 0.3) is 6.08 Å². The molecular formula is C12H12O3. The highest BCUT2D eigenvalue weighted by molar-refractivity contribution is 5.83. The highest BCUT2D eigenvalue weighted by Crippen LogP contribution is 2.33. The van der Waals surface area contributed by atoms with Crippen LogP contribution in [-0.2, 0) is 4.79 Å². The Morgan fingerprint density at radius 1 is 1.47 bits per heavy atom. The number of fused-ring (bicyclic) bond motifs is 1. The molecule has 0 bridgehead atoms. The van der Waals surface area contributed by atoms with Gasteiger partial charge in [-0.05, 0) is 25.5 Å². The van der Waals surface area contributed by atoms with Gasteiger partial charge in [-0.3, -0.25) is 0 Å². The number of aliphatic carboxylic acids is 1. The van der Waals surface area contributed by atoms with Crippen molar-refractivity contribution in [3.05, 3.63) is 35.4 Å². The van der Waals surface area contributed by atoms with Crippen molar-refractivity contribution in [1.82, 2.24) is 0 Å². The van der Waals surface area contributed by atoms with Crippen LogP contribution in [0.3, 0.4) is 0 Å². The van der Waals surface area contributed by atoms with Crippen molar-refractivity contribution in [3.8, 4) is 5.75 Å². The average molecular weight is 204 g/mol. The second-order valence-electron chi connectivity index (χ2n) is 3.84. The minimum atomic E-state index is -1.25. The summed E-state index contributed by atoms with van der Waals surface area (Å²) < 4.78 is 5.53. The molecule has 1 N–H and O–H groups in total. The van der Waals surface area contributed by atoms with E-state index in [0.29, 0.717) is 5.75 Å². The standard InChI is InChI=1S/C12H12O3/c1-8-4-3-5-9-6-7-12(2,11(13)14)15-10(8)9/h3-7H,1-2H3,(H,13,14)/t12-/m0/s1. The Morgan fingerprint density at radius 2 is 2.20 bits per heavy atom. The number of carboxylic acids is 1. The second kappa shape index (κ2) is 3.12. The van der Waals surface area contributed by atoms with Gasteiger partial charge in [0, 0.05) is 5.56 Å². The van der Waals surface area contributed by atoms with Gasteiger partial charge in [0.1, 0.15) is 5.75 Å². The third kappa shape index (κ3) is 1.50. The predicted octanol–water partition coefficient (Wildman–Crippen LogP) is 2.24. The zero-order valence-electron chi connectivity index (χ0n) is 8.65. The fourth-order valence-electron chi connectivity index (χ4n) is 1.56. The van der Waals surface area contributed by atoms with Crippen LogP contribution in [0.1, 0.15) is 18.1 Å². The number of aryl methyl sites for hydroxylation is 1.